The Hall–Kier alpha value is -1.89. The molecule has 2 rings (SSSR count). The van der Waals surface area contributed by atoms with Gasteiger partial charge in [0.05, 0.1) is 24.0 Å². The topological polar surface area (TPSA) is 85.4 Å². The zero-order chi connectivity index (χ0) is 13.9. The molecule has 7 heteroatoms. The monoisotopic (exact) mass is 282 g/mol. The van der Waals surface area contributed by atoms with E-state index in [0.717, 1.165) is 5.41 Å². The zero-order valence-corrected chi connectivity index (χ0v) is 11.2. The van der Waals surface area contributed by atoms with E-state index in [-0.39, 0.29) is 11.7 Å². The number of carbonyl (C=O) groups is 1. The third kappa shape index (κ3) is 3.54. The van der Waals surface area contributed by atoms with Crippen molar-refractivity contribution in [2.75, 3.05) is 12.4 Å². The molecule has 1 amide bonds. The van der Waals surface area contributed by atoms with E-state index in [1.807, 2.05) is 6.92 Å². The number of nitrogens with one attached hydrogen (secondary N) is 1. The third-order valence-corrected chi connectivity index (χ3v) is 3.93. The molecule has 0 bridgehead atoms. The van der Waals surface area contributed by atoms with E-state index in [9.17, 15) is 13.2 Å². The first-order chi connectivity index (χ1) is 9.00. The lowest BCUT2D eigenvalue weighted by Gasteiger charge is -2.10. The van der Waals surface area contributed by atoms with Crippen LogP contribution in [0.25, 0.3) is 0 Å². The summed E-state index contributed by atoms with van der Waals surface area (Å²) in [5.74, 6) is -0.00638. The van der Waals surface area contributed by atoms with Crippen LogP contribution in [-0.2, 0) is 9.84 Å². The minimum atomic E-state index is -3.17. The van der Waals surface area contributed by atoms with Crippen LogP contribution >= 0.6 is 0 Å². The molecule has 1 N–H and O–H groups in total. The van der Waals surface area contributed by atoms with Gasteiger partial charge in [0.1, 0.15) is 0 Å². The van der Waals surface area contributed by atoms with E-state index < -0.39 is 15.9 Å². The molecule has 0 spiro atoms. The first-order valence-corrected chi connectivity index (χ1v) is 7.52. The van der Waals surface area contributed by atoms with Crippen molar-refractivity contribution < 1.29 is 17.9 Å². The summed E-state index contributed by atoms with van der Waals surface area (Å²) >= 11 is 0. The normalized spacial score (nSPS) is 20.2. The van der Waals surface area contributed by atoms with Crippen LogP contribution in [0.3, 0.4) is 0 Å². The number of hydrogen-bond acceptors (Lipinski definition) is 5. The largest absolute Gasteiger partial charge is 0.478 e. The predicted octanol–water partition coefficient (Wildman–Crippen LogP) is 0.521. The Balaban J connectivity index is 1.99. The van der Waals surface area contributed by atoms with Gasteiger partial charge in [-0.2, -0.15) is 0 Å². The summed E-state index contributed by atoms with van der Waals surface area (Å²) in [5.41, 5.74) is 0.362. The Kier molecular flexibility index (Phi) is 3.84. The number of sulfone groups is 1. The maximum atomic E-state index is 11.9. The second kappa shape index (κ2) is 5.40. The Morgan fingerprint density at radius 2 is 2.32 bits per heavy atom. The maximum absolute atomic E-state index is 11.9. The van der Waals surface area contributed by atoms with Gasteiger partial charge >= 0.3 is 0 Å². The molecule has 0 fully saturated rings. The van der Waals surface area contributed by atoms with Gasteiger partial charge in [0.2, 0.25) is 5.88 Å². The summed E-state index contributed by atoms with van der Waals surface area (Å²) in [6.45, 7) is 2.35. The van der Waals surface area contributed by atoms with E-state index in [1.54, 1.807) is 12.1 Å². The quantitative estimate of drug-likeness (QED) is 0.870. The molecule has 1 aliphatic rings. The fraction of sp³-hybridized carbons (Fsp3) is 0.333. The second-order valence-electron chi connectivity index (χ2n) is 4.06. The average Bonchev–Trinajstić information content (AvgIpc) is 2.70. The minimum Gasteiger partial charge on any atom is -0.478 e. The number of hydrogen-bond donors (Lipinski definition) is 1. The molecular formula is C12H14N2O4S. The molecular weight excluding hydrogens is 268 g/mol. The van der Waals surface area contributed by atoms with Gasteiger partial charge in [0.15, 0.2) is 9.84 Å². The number of pyridine rings is 1. The summed E-state index contributed by atoms with van der Waals surface area (Å²) in [7, 11) is -3.17. The molecule has 1 atom stereocenters. The first kappa shape index (κ1) is 13.5. The summed E-state index contributed by atoms with van der Waals surface area (Å²) in [6.07, 6.45) is 2.86. The summed E-state index contributed by atoms with van der Waals surface area (Å²) in [5, 5.41) is 3.74. The van der Waals surface area contributed by atoms with Crippen molar-refractivity contribution in [2.24, 2.45) is 0 Å². The molecule has 6 nitrogen and oxygen atoms in total. The lowest BCUT2D eigenvalue weighted by atomic mass is 10.2. The van der Waals surface area contributed by atoms with Crippen LogP contribution in [0.2, 0.25) is 0 Å². The van der Waals surface area contributed by atoms with Crippen LogP contribution in [0, 0.1) is 0 Å². The molecule has 0 radical (unpaired) electrons. The molecule has 1 unspecified atom stereocenters. The number of rotatable bonds is 4. The summed E-state index contributed by atoms with van der Waals surface area (Å²) in [4.78, 5) is 15.8. The van der Waals surface area contributed by atoms with Gasteiger partial charge in [-0.3, -0.25) is 4.79 Å². The van der Waals surface area contributed by atoms with Crippen molar-refractivity contribution in [3.05, 3.63) is 35.4 Å². The van der Waals surface area contributed by atoms with Gasteiger partial charge in [0, 0.05) is 17.7 Å². The van der Waals surface area contributed by atoms with Crippen molar-refractivity contribution in [3.8, 4) is 5.88 Å². The lowest BCUT2D eigenvalue weighted by molar-refractivity contribution is 0.0947. The minimum absolute atomic E-state index is 0.0940. The van der Waals surface area contributed by atoms with Gasteiger partial charge in [-0.1, -0.05) is 0 Å². The molecule has 1 aliphatic heterocycles. The molecule has 0 saturated heterocycles. The van der Waals surface area contributed by atoms with Crippen molar-refractivity contribution in [2.45, 2.75) is 13.0 Å². The van der Waals surface area contributed by atoms with Gasteiger partial charge in [-0.15, -0.1) is 0 Å². The predicted molar refractivity (Wildman–Crippen MR) is 69.6 cm³/mol. The van der Waals surface area contributed by atoms with E-state index in [1.165, 1.54) is 12.3 Å². The maximum Gasteiger partial charge on any atom is 0.253 e. The van der Waals surface area contributed by atoms with Crippen molar-refractivity contribution in [3.63, 3.8) is 0 Å². The molecule has 1 aromatic rings. The highest BCUT2D eigenvalue weighted by atomic mass is 32.2. The summed E-state index contributed by atoms with van der Waals surface area (Å²) in [6, 6.07) is 2.70. The van der Waals surface area contributed by atoms with Crippen LogP contribution in [0.15, 0.2) is 29.8 Å². The molecule has 102 valence electrons. The van der Waals surface area contributed by atoms with Crippen LogP contribution in [0.5, 0.6) is 5.88 Å². The number of amides is 1. The SMILES string of the molecule is CCOc1ccc(C(=O)NC2C=CS(=O)(=O)C2)cn1. The van der Waals surface area contributed by atoms with Crippen molar-refractivity contribution >= 4 is 15.7 Å². The number of ether oxygens (including phenoxy) is 1. The van der Waals surface area contributed by atoms with E-state index in [0.29, 0.717) is 18.1 Å². The van der Waals surface area contributed by atoms with Gasteiger partial charge in [-0.05, 0) is 19.1 Å². The smallest absolute Gasteiger partial charge is 0.253 e. The van der Waals surface area contributed by atoms with E-state index in [4.69, 9.17) is 4.74 Å². The molecule has 0 saturated carbocycles. The fourth-order valence-electron chi connectivity index (χ4n) is 1.67. The fourth-order valence-corrected chi connectivity index (χ4v) is 2.90. The summed E-state index contributed by atoms with van der Waals surface area (Å²) < 4.78 is 27.6. The van der Waals surface area contributed by atoms with Crippen LogP contribution in [0.1, 0.15) is 17.3 Å². The Bertz CT molecular complexity index is 593. The highest BCUT2D eigenvalue weighted by Crippen LogP contribution is 2.10. The molecule has 1 aromatic heterocycles. The molecule has 19 heavy (non-hydrogen) atoms. The van der Waals surface area contributed by atoms with E-state index in [2.05, 4.69) is 10.3 Å². The molecule has 2 heterocycles. The lowest BCUT2D eigenvalue weighted by Crippen LogP contribution is -2.35. The van der Waals surface area contributed by atoms with Gasteiger partial charge in [-0.25, -0.2) is 13.4 Å². The van der Waals surface area contributed by atoms with Crippen LogP contribution in [-0.4, -0.2) is 37.7 Å². The van der Waals surface area contributed by atoms with Crippen molar-refractivity contribution in [1.29, 1.82) is 0 Å². The Morgan fingerprint density at radius 1 is 1.53 bits per heavy atom. The van der Waals surface area contributed by atoms with Crippen LogP contribution < -0.4 is 10.1 Å². The second-order valence-corrected chi connectivity index (χ2v) is 5.99. The third-order valence-electron chi connectivity index (χ3n) is 2.54. The number of aromatic nitrogens is 1. The standard InChI is InChI=1S/C12H14N2O4S/c1-2-18-11-4-3-9(7-13-11)12(15)14-10-5-6-19(16,17)8-10/h3-7,10H,2,8H2,1H3,(H,14,15). The molecule has 0 aromatic carbocycles. The van der Waals surface area contributed by atoms with Gasteiger partial charge < -0.3 is 10.1 Å². The number of carbonyl (C=O) groups excluding carboxylic acids is 1. The highest BCUT2D eigenvalue weighted by Gasteiger charge is 2.23. The Labute approximate surface area is 111 Å². The Morgan fingerprint density at radius 3 is 2.84 bits per heavy atom. The van der Waals surface area contributed by atoms with E-state index >= 15 is 0 Å². The van der Waals surface area contributed by atoms with Crippen LogP contribution in [0.4, 0.5) is 0 Å². The van der Waals surface area contributed by atoms with Crippen molar-refractivity contribution in [1.82, 2.24) is 10.3 Å². The van der Waals surface area contributed by atoms with Gasteiger partial charge in [0.25, 0.3) is 5.91 Å². The highest BCUT2D eigenvalue weighted by molar-refractivity contribution is 7.94. The molecule has 0 aliphatic carbocycles. The zero-order valence-electron chi connectivity index (χ0n) is 10.4. The first-order valence-electron chi connectivity index (χ1n) is 5.81. The average molecular weight is 282 g/mol. The number of nitrogens with zero attached hydrogens (tertiary/aromatic N) is 1.